The molecular weight excluding hydrogens is 490 g/mol. The summed E-state index contributed by atoms with van der Waals surface area (Å²) in [7, 11) is 0. The fourth-order valence-electron chi connectivity index (χ4n) is 6.63. The molecule has 2 heterocycles. The van der Waals surface area contributed by atoms with E-state index in [9.17, 15) is 9.90 Å². The first-order valence-corrected chi connectivity index (χ1v) is 15.3. The number of allylic oxidation sites excluding steroid dienone is 1. The zero-order valence-electron chi connectivity index (χ0n) is 25.0. The predicted molar refractivity (Wildman–Crippen MR) is 156 cm³/mol. The molecule has 0 unspecified atom stereocenters. The van der Waals surface area contributed by atoms with E-state index in [4.69, 9.17) is 14.2 Å². The lowest BCUT2D eigenvalue weighted by atomic mass is 9.66. The Morgan fingerprint density at radius 3 is 2.67 bits per heavy atom. The van der Waals surface area contributed by atoms with Crippen molar-refractivity contribution in [3.63, 3.8) is 0 Å². The van der Waals surface area contributed by atoms with Gasteiger partial charge in [0.15, 0.2) is 0 Å². The minimum absolute atomic E-state index is 0.0296. The van der Waals surface area contributed by atoms with E-state index in [-0.39, 0.29) is 28.8 Å². The maximum Gasteiger partial charge on any atom is 0.306 e. The third-order valence-corrected chi connectivity index (χ3v) is 9.20. The topological polar surface area (TPSA) is 68.2 Å². The lowest BCUT2D eigenvalue weighted by Crippen LogP contribution is -2.45. The second-order valence-corrected chi connectivity index (χ2v) is 13.0. The van der Waals surface area contributed by atoms with Crippen molar-refractivity contribution in [2.24, 2.45) is 5.92 Å². The van der Waals surface area contributed by atoms with Gasteiger partial charge < -0.3 is 19.3 Å². The molecule has 39 heavy (non-hydrogen) atoms. The second-order valence-electron chi connectivity index (χ2n) is 13.0. The molecular formula is C33H51NO5. The Kier molecular flexibility index (Phi) is 10.0. The number of hydrogen-bond donors (Lipinski definition) is 1. The van der Waals surface area contributed by atoms with Crippen LogP contribution in [0.1, 0.15) is 109 Å². The Labute approximate surface area is 236 Å². The van der Waals surface area contributed by atoms with Gasteiger partial charge in [-0.2, -0.15) is 0 Å². The summed E-state index contributed by atoms with van der Waals surface area (Å²) in [5, 5.41) is 11.3. The molecule has 3 aliphatic rings. The van der Waals surface area contributed by atoms with Gasteiger partial charge in [-0.25, -0.2) is 0 Å². The lowest BCUT2D eigenvalue weighted by molar-refractivity contribution is -0.143. The number of morpholine rings is 1. The highest BCUT2D eigenvalue weighted by molar-refractivity contribution is 5.69. The van der Waals surface area contributed by atoms with Gasteiger partial charge in [-0.1, -0.05) is 52.5 Å². The van der Waals surface area contributed by atoms with E-state index in [0.29, 0.717) is 18.8 Å². The molecule has 6 nitrogen and oxygen atoms in total. The fraction of sp³-hybridized carbons (Fsp3) is 0.727. The zero-order chi connectivity index (χ0) is 28.0. The molecule has 0 spiro atoms. The predicted octanol–water partition coefficient (Wildman–Crippen LogP) is 6.89. The molecule has 1 aliphatic carbocycles. The number of rotatable bonds is 12. The van der Waals surface area contributed by atoms with Gasteiger partial charge in [0, 0.05) is 36.9 Å². The number of benzene rings is 1. The summed E-state index contributed by atoms with van der Waals surface area (Å²) in [6.45, 7) is 15.8. The van der Waals surface area contributed by atoms with E-state index in [0.717, 1.165) is 81.0 Å². The molecule has 1 fully saturated rings. The largest absolute Gasteiger partial charge is 0.508 e. The summed E-state index contributed by atoms with van der Waals surface area (Å²) in [6, 6.07) is 4.16. The minimum Gasteiger partial charge on any atom is -0.508 e. The van der Waals surface area contributed by atoms with Crippen LogP contribution < -0.4 is 4.74 Å². The first-order chi connectivity index (χ1) is 18.6. The number of carbonyl (C=O) groups excluding carboxylic acids is 1. The SMILES string of the molecule is CCCCCCC(C)(C)c1cc(O)c2c(c1)OC(C)(C)[C@H]1CC=C(COC(=O)CCCN3CCOCC3)C[C@H]21. The highest BCUT2D eigenvalue weighted by Gasteiger charge is 2.46. The molecule has 1 N–H and O–H groups in total. The average Bonchev–Trinajstić information content (AvgIpc) is 2.90. The van der Waals surface area contributed by atoms with E-state index in [1.807, 2.05) is 6.07 Å². The first-order valence-electron chi connectivity index (χ1n) is 15.3. The van der Waals surface area contributed by atoms with E-state index in [1.54, 1.807) is 0 Å². The Morgan fingerprint density at radius 1 is 1.15 bits per heavy atom. The summed E-state index contributed by atoms with van der Waals surface area (Å²) in [4.78, 5) is 14.8. The summed E-state index contributed by atoms with van der Waals surface area (Å²) in [6.07, 6.45) is 11.1. The fourth-order valence-corrected chi connectivity index (χ4v) is 6.63. The standard InChI is InChI=1S/C33H51NO5/c1-6-7-8-9-14-32(2,3)25-21-28(35)31-26-20-24(12-13-27(26)33(4,5)39-29(31)22-25)23-38-30(36)11-10-15-34-16-18-37-19-17-34/h12,21-22,26-27,35H,6-11,13-20,23H2,1-5H3/t26-,27-/m0/s1. The minimum atomic E-state index is -0.341. The van der Waals surface area contributed by atoms with Crippen molar-refractivity contribution in [1.29, 1.82) is 0 Å². The number of nitrogens with zero attached hydrogens (tertiary/aromatic N) is 1. The van der Waals surface area contributed by atoms with Gasteiger partial charge in [0.2, 0.25) is 0 Å². The number of ether oxygens (including phenoxy) is 3. The quantitative estimate of drug-likeness (QED) is 0.177. The number of esters is 1. The van der Waals surface area contributed by atoms with E-state index >= 15 is 0 Å². The number of fused-ring (bicyclic) bond motifs is 3. The smallest absolute Gasteiger partial charge is 0.306 e. The Morgan fingerprint density at radius 2 is 1.92 bits per heavy atom. The van der Waals surface area contributed by atoms with Gasteiger partial charge in [-0.15, -0.1) is 0 Å². The van der Waals surface area contributed by atoms with Crippen LogP contribution in [0.4, 0.5) is 0 Å². The van der Waals surface area contributed by atoms with Gasteiger partial charge in [-0.05, 0) is 74.8 Å². The molecule has 0 radical (unpaired) electrons. The van der Waals surface area contributed by atoms with Crippen molar-refractivity contribution in [3.8, 4) is 11.5 Å². The van der Waals surface area contributed by atoms with Crippen LogP contribution in [0.15, 0.2) is 23.8 Å². The van der Waals surface area contributed by atoms with Crippen molar-refractivity contribution in [2.45, 2.75) is 109 Å². The zero-order valence-corrected chi connectivity index (χ0v) is 25.0. The molecule has 2 atom stereocenters. The average molecular weight is 542 g/mol. The molecule has 0 aromatic heterocycles. The number of unbranched alkanes of at least 4 members (excludes halogenated alkanes) is 3. The van der Waals surface area contributed by atoms with Gasteiger partial charge in [0.1, 0.15) is 23.7 Å². The molecule has 4 rings (SSSR count). The molecule has 0 bridgehead atoms. The highest BCUT2D eigenvalue weighted by atomic mass is 16.5. The normalized spacial score (nSPS) is 22.8. The summed E-state index contributed by atoms with van der Waals surface area (Å²) in [5.74, 6) is 1.44. The van der Waals surface area contributed by atoms with Crippen LogP contribution in [0.5, 0.6) is 11.5 Å². The van der Waals surface area contributed by atoms with Gasteiger partial charge in [0.25, 0.3) is 0 Å². The second kappa shape index (κ2) is 13.1. The van der Waals surface area contributed by atoms with Crippen LogP contribution in [0.25, 0.3) is 0 Å². The molecule has 218 valence electrons. The molecule has 0 saturated carbocycles. The molecule has 1 aromatic carbocycles. The van der Waals surface area contributed by atoms with Crippen molar-refractivity contribution >= 4 is 5.97 Å². The number of hydrogen-bond acceptors (Lipinski definition) is 6. The number of carbonyl (C=O) groups is 1. The van der Waals surface area contributed by atoms with Crippen molar-refractivity contribution in [2.75, 3.05) is 39.5 Å². The van der Waals surface area contributed by atoms with Gasteiger partial charge in [0.05, 0.1) is 13.2 Å². The Balaban J connectivity index is 1.39. The van der Waals surface area contributed by atoms with Gasteiger partial charge in [-0.3, -0.25) is 9.69 Å². The van der Waals surface area contributed by atoms with Crippen LogP contribution in [0.2, 0.25) is 0 Å². The summed E-state index contributed by atoms with van der Waals surface area (Å²) in [5.41, 5.74) is 2.83. The highest BCUT2D eigenvalue weighted by Crippen LogP contribution is 2.55. The first kappa shape index (κ1) is 29.9. The maximum atomic E-state index is 12.5. The van der Waals surface area contributed by atoms with Crippen LogP contribution in [0.3, 0.4) is 0 Å². The van der Waals surface area contributed by atoms with Crippen LogP contribution in [-0.4, -0.2) is 61.0 Å². The third-order valence-electron chi connectivity index (χ3n) is 9.20. The van der Waals surface area contributed by atoms with Crippen molar-refractivity contribution < 1.29 is 24.1 Å². The van der Waals surface area contributed by atoms with E-state index in [1.165, 1.54) is 25.7 Å². The van der Waals surface area contributed by atoms with Crippen LogP contribution in [-0.2, 0) is 19.7 Å². The lowest BCUT2D eigenvalue weighted by Gasteiger charge is -2.47. The third kappa shape index (κ3) is 7.58. The number of aromatic hydroxyl groups is 1. The summed E-state index contributed by atoms with van der Waals surface area (Å²) < 4.78 is 17.7. The number of phenolic OH excluding ortho intramolecular Hbond substituents is 1. The van der Waals surface area contributed by atoms with Crippen molar-refractivity contribution in [1.82, 2.24) is 4.90 Å². The van der Waals surface area contributed by atoms with Crippen molar-refractivity contribution in [3.05, 3.63) is 34.9 Å². The Hall–Kier alpha value is -2.05. The maximum absolute atomic E-state index is 12.5. The number of phenols is 1. The molecule has 1 aromatic rings. The molecule has 6 heteroatoms. The molecule has 0 amide bonds. The Bertz CT molecular complexity index is 1010. The summed E-state index contributed by atoms with van der Waals surface area (Å²) >= 11 is 0. The molecule has 1 saturated heterocycles. The van der Waals surface area contributed by atoms with Gasteiger partial charge >= 0.3 is 5.97 Å². The van der Waals surface area contributed by atoms with Crippen LogP contribution in [0, 0.1) is 5.92 Å². The monoisotopic (exact) mass is 541 g/mol. The van der Waals surface area contributed by atoms with E-state index in [2.05, 4.69) is 51.7 Å². The van der Waals surface area contributed by atoms with E-state index < -0.39 is 0 Å². The van der Waals surface area contributed by atoms with Crippen LogP contribution >= 0.6 is 0 Å². The molecule has 2 aliphatic heterocycles.